The fraction of sp³-hybridized carbons (Fsp3) is 0.400. The van der Waals surface area contributed by atoms with Crippen LogP contribution in [0.5, 0.6) is 6.08 Å². The molecule has 3 heterocycles. The van der Waals surface area contributed by atoms with E-state index in [-0.39, 0.29) is 40.5 Å². The first-order chi connectivity index (χ1) is 16.2. The van der Waals surface area contributed by atoms with Gasteiger partial charge < -0.3 is 19.8 Å². The Bertz CT molecular complexity index is 1170. The summed E-state index contributed by atoms with van der Waals surface area (Å²) in [6.07, 6.45) is -2.47. The van der Waals surface area contributed by atoms with Gasteiger partial charge in [-0.1, -0.05) is 16.7 Å². The van der Waals surface area contributed by atoms with E-state index >= 15 is 0 Å². The Hall–Kier alpha value is -3.03. The van der Waals surface area contributed by atoms with Gasteiger partial charge in [0.05, 0.1) is 28.8 Å². The van der Waals surface area contributed by atoms with Crippen molar-refractivity contribution >= 4 is 28.4 Å². The fourth-order valence-electron chi connectivity index (χ4n) is 3.41. The summed E-state index contributed by atoms with van der Waals surface area (Å²) in [4.78, 5) is 16.8. The van der Waals surface area contributed by atoms with Crippen LogP contribution < -0.4 is 15.4 Å². The van der Waals surface area contributed by atoms with Crippen LogP contribution in [-0.4, -0.2) is 53.3 Å². The molecule has 1 aromatic carbocycles. The topological polar surface area (TPSA) is 111 Å². The zero-order chi connectivity index (χ0) is 24.3. The molecule has 1 fully saturated rings. The summed E-state index contributed by atoms with van der Waals surface area (Å²) >= 11 is 5.75. The number of carbonyl (C=O) groups excluding carboxylic acids is 1. The highest BCUT2D eigenvalue weighted by molar-refractivity contribution is 6.31. The lowest BCUT2D eigenvalue weighted by molar-refractivity contribution is -0.325. The van der Waals surface area contributed by atoms with E-state index in [2.05, 4.69) is 30.6 Å². The predicted octanol–water partition coefficient (Wildman–Crippen LogP) is 3.55. The Morgan fingerprint density at radius 2 is 2.06 bits per heavy atom. The summed E-state index contributed by atoms with van der Waals surface area (Å²) in [6, 6.07) is 3.65. The van der Waals surface area contributed by atoms with E-state index in [1.54, 1.807) is 0 Å². The van der Waals surface area contributed by atoms with Gasteiger partial charge in [-0.3, -0.25) is 14.5 Å². The summed E-state index contributed by atoms with van der Waals surface area (Å²) in [6.45, 7) is -0.712. The number of carbonyl (C=O) groups is 1. The average Bonchev–Trinajstić information content (AvgIpc) is 3.26. The van der Waals surface area contributed by atoms with Gasteiger partial charge in [0, 0.05) is 24.2 Å². The fourth-order valence-corrected chi connectivity index (χ4v) is 3.57. The lowest BCUT2D eigenvalue weighted by Crippen LogP contribution is -2.46. The quantitative estimate of drug-likeness (QED) is 0.372. The molecule has 4 rings (SSSR count). The molecule has 1 aliphatic rings. The van der Waals surface area contributed by atoms with E-state index in [1.165, 1.54) is 24.4 Å². The third-order valence-electron chi connectivity index (χ3n) is 5.03. The molecule has 0 aliphatic carbocycles. The van der Waals surface area contributed by atoms with Gasteiger partial charge in [0.25, 0.3) is 5.91 Å². The van der Waals surface area contributed by atoms with Crippen LogP contribution >= 0.6 is 11.6 Å². The third kappa shape index (κ3) is 6.10. The van der Waals surface area contributed by atoms with Crippen LogP contribution in [0.25, 0.3) is 10.9 Å². The smallest absolute Gasteiger partial charge is 0.447 e. The van der Waals surface area contributed by atoms with E-state index < -0.39 is 25.4 Å². The first kappa shape index (κ1) is 24.1. The Kier molecular flexibility index (Phi) is 7.14. The number of pyridine rings is 1. The van der Waals surface area contributed by atoms with Crippen LogP contribution in [-0.2, 0) is 4.74 Å². The molecule has 182 valence electrons. The van der Waals surface area contributed by atoms with Gasteiger partial charge in [-0.2, -0.15) is 0 Å². The first-order valence-corrected chi connectivity index (χ1v) is 10.5. The summed E-state index contributed by atoms with van der Waals surface area (Å²) in [5.74, 6) is -0.735. The molecule has 3 aromatic rings. The highest BCUT2D eigenvalue weighted by Gasteiger charge is 2.29. The molecule has 0 unspecified atom stereocenters. The minimum atomic E-state index is -4.74. The zero-order valence-corrected chi connectivity index (χ0v) is 18.1. The number of benzene rings is 1. The van der Waals surface area contributed by atoms with E-state index in [1.807, 2.05) is 0 Å². The highest BCUT2D eigenvalue weighted by Crippen LogP contribution is 2.25. The summed E-state index contributed by atoms with van der Waals surface area (Å²) < 4.78 is 63.4. The second-order valence-electron chi connectivity index (χ2n) is 7.44. The molecule has 1 aliphatic heterocycles. The van der Waals surface area contributed by atoms with Crippen LogP contribution in [0.15, 0.2) is 28.8 Å². The lowest BCUT2D eigenvalue weighted by Gasteiger charge is -2.28. The lowest BCUT2D eigenvalue weighted by atomic mass is 10.0. The molecule has 2 aromatic heterocycles. The normalized spacial score (nSPS) is 18.7. The molecule has 9 nitrogen and oxygen atoms in total. The molecule has 14 heteroatoms. The van der Waals surface area contributed by atoms with Gasteiger partial charge in [-0.25, -0.2) is 4.39 Å². The maximum atomic E-state index is 13.7. The SMILES string of the molecule is O=C(N[C@H]1CC[C@H](c2nnc(OCCOC(F)(F)F)o2)NC1)c1cnc2cc(Cl)c(F)cc2c1. The Morgan fingerprint density at radius 1 is 1.24 bits per heavy atom. The number of hydrogen-bond donors (Lipinski definition) is 2. The number of ether oxygens (including phenoxy) is 2. The van der Waals surface area contributed by atoms with Crippen molar-refractivity contribution in [2.24, 2.45) is 0 Å². The summed E-state index contributed by atoms with van der Waals surface area (Å²) in [5.41, 5.74) is 0.755. The molecule has 2 atom stereocenters. The summed E-state index contributed by atoms with van der Waals surface area (Å²) in [5, 5.41) is 13.9. The average molecular weight is 504 g/mol. The van der Waals surface area contributed by atoms with Crippen molar-refractivity contribution in [3.05, 3.63) is 46.7 Å². The second-order valence-corrected chi connectivity index (χ2v) is 7.85. The number of fused-ring (bicyclic) bond motifs is 1. The van der Waals surface area contributed by atoms with Crippen molar-refractivity contribution in [3.8, 4) is 6.08 Å². The zero-order valence-electron chi connectivity index (χ0n) is 17.4. The number of nitrogens with one attached hydrogen (secondary N) is 2. The summed E-state index contributed by atoms with van der Waals surface area (Å²) in [7, 11) is 0. The van der Waals surface area contributed by atoms with Crippen molar-refractivity contribution < 1.29 is 36.2 Å². The molecule has 0 spiro atoms. The Balaban J connectivity index is 1.26. The Morgan fingerprint density at radius 3 is 2.79 bits per heavy atom. The number of piperidine rings is 1. The monoisotopic (exact) mass is 503 g/mol. The number of aromatic nitrogens is 3. The van der Waals surface area contributed by atoms with Crippen molar-refractivity contribution in [1.82, 2.24) is 25.8 Å². The molecule has 2 N–H and O–H groups in total. The van der Waals surface area contributed by atoms with Gasteiger partial charge in [0.2, 0.25) is 5.89 Å². The molecule has 0 saturated carbocycles. The number of amides is 1. The van der Waals surface area contributed by atoms with Crippen LogP contribution in [0, 0.1) is 5.82 Å². The van der Waals surface area contributed by atoms with Gasteiger partial charge in [0.15, 0.2) is 0 Å². The standard InChI is InChI=1S/C20H18ClF4N5O4/c21-13-7-16-10(6-14(13)22)5-11(8-26-16)17(31)28-12-1-2-15(27-9-12)18-29-30-19(34-18)32-3-4-33-20(23,24)25/h5-8,12,15,27H,1-4,9H2,(H,28,31)/t12-,15+/m0/s1. The van der Waals surface area contributed by atoms with Gasteiger partial charge in [0.1, 0.15) is 12.4 Å². The van der Waals surface area contributed by atoms with E-state index in [4.69, 9.17) is 20.8 Å². The second kappa shape index (κ2) is 10.1. The molecular weight excluding hydrogens is 486 g/mol. The minimum Gasteiger partial charge on any atom is -0.447 e. The number of alkyl halides is 3. The largest absolute Gasteiger partial charge is 0.522 e. The minimum absolute atomic E-state index is 0.0459. The Labute approximate surface area is 194 Å². The number of nitrogens with zero attached hydrogens (tertiary/aromatic N) is 3. The van der Waals surface area contributed by atoms with Crippen molar-refractivity contribution in [2.45, 2.75) is 31.3 Å². The van der Waals surface area contributed by atoms with E-state index in [0.717, 1.165) is 0 Å². The first-order valence-electron chi connectivity index (χ1n) is 10.1. The molecule has 0 bridgehead atoms. The molecule has 34 heavy (non-hydrogen) atoms. The predicted molar refractivity (Wildman–Crippen MR) is 110 cm³/mol. The van der Waals surface area contributed by atoms with E-state index in [0.29, 0.717) is 30.3 Å². The van der Waals surface area contributed by atoms with E-state index in [9.17, 15) is 22.4 Å². The maximum Gasteiger partial charge on any atom is 0.522 e. The van der Waals surface area contributed by atoms with Crippen LogP contribution in [0.1, 0.15) is 35.1 Å². The van der Waals surface area contributed by atoms with Crippen molar-refractivity contribution in [2.75, 3.05) is 19.8 Å². The number of halogens is 5. The van der Waals surface area contributed by atoms with Gasteiger partial charge in [-0.15, -0.1) is 18.3 Å². The molecular formula is C20H18ClF4N5O4. The van der Waals surface area contributed by atoms with Crippen molar-refractivity contribution in [3.63, 3.8) is 0 Å². The van der Waals surface area contributed by atoms with Crippen LogP contribution in [0.2, 0.25) is 5.02 Å². The van der Waals surface area contributed by atoms with Gasteiger partial charge >= 0.3 is 12.4 Å². The number of rotatable bonds is 7. The molecule has 0 radical (unpaired) electrons. The van der Waals surface area contributed by atoms with Crippen molar-refractivity contribution in [1.29, 1.82) is 0 Å². The molecule has 1 amide bonds. The van der Waals surface area contributed by atoms with Gasteiger partial charge in [-0.05, 0) is 31.0 Å². The highest BCUT2D eigenvalue weighted by atomic mass is 35.5. The third-order valence-corrected chi connectivity index (χ3v) is 5.32. The number of hydrogen-bond acceptors (Lipinski definition) is 8. The van der Waals surface area contributed by atoms with Crippen LogP contribution in [0.3, 0.4) is 0 Å². The molecule has 1 saturated heterocycles. The maximum absolute atomic E-state index is 13.7. The van der Waals surface area contributed by atoms with Crippen LogP contribution in [0.4, 0.5) is 17.6 Å².